The van der Waals surface area contributed by atoms with Gasteiger partial charge >= 0.3 is 6.09 Å². The average Bonchev–Trinajstić information content (AvgIpc) is 2.62. The average molecular weight is 334 g/mol. The van der Waals surface area contributed by atoms with Crippen LogP contribution in [0.2, 0.25) is 0 Å². The molecule has 1 aromatic carbocycles. The Labute approximate surface area is 143 Å². The first-order chi connectivity index (χ1) is 11.6. The van der Waals surface area contributed by atoms with Crippen molar-refractivity contribution in [3.63, 3.8) is 0 Å². The molecular formula is C18H26N2O4. The molecular weight excluding hydrogens is 308 g/mol. The molecule has 1 saturated heterocycles. The number of likely N-dealkylation sites (N-methyl/N-ethyl adjacent to an activating group) is 1. The lowest BCUT2D eigenvalue weighted by molar-refractivity contribution is -0.146. The van der Waals surface area contributed by atoms with E-state index in [0.29, 0.717) is 32.5 Å². The largest absolute Gasteiger partial charge is 0.445 e. The lowest BCUT2D eigenvalue weighted by atomic mass is 10.0. The van der Waals surface area contributed by atoms with Gasteiger partial charge in [0, 0.05) is 13.1 Å². The van der Waals surface area contributed by atoms with Crippen molar-refractivity contribution in [2.75, 3.05) is 19.7 Å². The van der Waals surface area contributed by atoms with Crippen molar-refractivity contribution in [1.82, 2.24) is 10.2 Å². The first-order valence-corrected chi connectivity index (χ1v) is 8.51. The van der Waals surface area contributed by atoms with Crippen LogP contribution in [0.1, 0.15) is 32.3 Å². The smallest absolute Gasteiger partial charge is 0.407 e. The van der Waals surface area contributed by atoms with Gasteiger partial charge in [0.25, 0.3) is 5.91 Å². The maximum Gasteiger partial charge on any atom is 0.407 e. The lowest BCUT2D eigenvalue weighted by Gasteiger charge is -2.31. The van der Waals surface area contributed by atoms with E-state index in [2.05, 4.69) is 5.32 Å². The molecule has 132 valence electrons. The summed E-state index contributed by atoms with van der Waals surface area (Å²) in [6.45, 7) is 5.85. The van der Waals surface area contributed by atoms with Crippen LogP contribution in [0, 0.1) is 0 Å². The van der Waals surface area contributed by atoms with Gasteiger partial charge in [-0.2, -0.15) is 0 Å². The number of amides is 2. The number of rotatable bonds is 6. The fraction of sp³-hybridized carbons (Fsp3) is 0.556. The molecule has 6 nitrogen and oxygen atoms in total. The van der Waals surface area contributed by atoms with Crippen LogP contribution < -0.4 is 5.32 Å². The SMILES string of the molecule is CCN(CC)C(=O)[C@@H]1CC[C@@H](NC(=O)OCc2ccccc2)CO1. The fourth-order valence-corrected chi connectivity index (χ4v) is 2.73. The lowest BCUT2D eigenvalue weighted by Crippen LogP contribution is -2.48. The summed E-state index contributed by atoms with van der Waals surface area (Å²) < 4.78 is 10.8. The van der Waals surface area contributed by atoms with E-state index in [1.54, 1.807) is 4.90 Å². The second-order valence-electron chi connectivity index (χ2n) is 5.81. The summed E-state index contributed by atoms with van der Waals surface area (Å²) in [7, 11) is 0. The number of carbonyl (C=O) groups is 2. The number of nitrogens with zero attached hydrogens (tertiary/aromatic N) is 1. The van der Waals surface area contributed by atoms with Gasteiger partial charge < -0.3 is 19.7 Å². The molecule has 0 saturated carbocycles. The monoisotopic (exact) mass is 334 g/mol. The predicted molar refractivity (Wildman–Crippen MR) is 90.5 cm³/mol. The number of ether oxygens (including phenoxy) is 2. The zero-order chi connectivity index (χ0) is 17.4. The summed E-state index contributed by atoms with van der Waals surface area (Å²) in [5.41, 5.74) is 0.942. The van der Waals surface area contributed by atoms with Crippen molar-refractivity contribution in [3.05, 3.63) is 35.9 Å². The van der Waals surface area contributed by atoms with Gasteiger partial charge in [-0.05, 0) is 32.3 Å². The Morgan fingerprint density at radius 2 is 1.92 bits per heavy atom. The molecule has 1 heterocycles. The van der Waals surface area contributed by atoms with E-state index in [9.17, 15) is 9.59 Å². The molecule has 0 spiro atoms. The van der Waals surface area contributed by atoms with Crippen molar-refractivity contribution >= 4 is 12.0 Å². The zero-order valence-corrected chi connectivity index (χ0v) is 14.4. The molecule has 1 aliphatic rings. The Morgan fingerprint density at radius 3 is 2.50 bits per heavy atom. The quantitative estimate of drug-likeness (QED) is 0.867. The van der Waals surface area contributed by atoms with Crippen LogP contribution in [0.3, 0.4) is 0 Å². The van der Waals surface area contributed by atoms with Crippen molar-refractivity contribution in [2.45, 2.75) is 45.4 Å². The van der Waals surface area contributed by atoms with Crippen LogP contribution in [0.15, 0.2) is 30.3 Å². The highest BCUT2D eigenvalue weighted by Crippen LogP contribution is 2.16. The summed E-state index contributed by atoms with van der Waals surface area (Å²) >= 11 is 0. The molecule has 1 aliphatic heterocycles. The third-order valence-corrected chi connectivity index (χ3v) is 4.16. The Kier molecular flexibility index (Phi) is 7.06. The molecule has 24 heavy (non-hydrogen) atoms. The Morgan fingerprint density at radius 1 is 1.21 bits per heavy atom. The van der Waals surface area contributed by atoms with Crippen LogP contribution in [-0.4, -0.2) is 48.7 Å². The minimum absolute atomic E-state index is 0.0325. The maximum absolute atomic E-state index is 12.2. The highest BCUT2D eigenvalue weighted by Gasteiger charge is 2.30. The maximum atomic E-state index is 12.2. The van der Waals surface area contributed by atoms with Crippen LogP contribution in [0.4, 0.5) is 4.79 Å². The molecule has 2 rings (SSSR count). The van der Waals surface area contributed by atoms with Gasteiger partial charge in [0.2, 0.25) is 0 Å². The molecule has 2 amide bonds. The Hall–Kier alpha value is -2.08. The van der Waals surface area contributed by atoms with Gasteiger partial charge in [-0.3, -0.25) is 4.79 Å². The third kappa shape index (κ3) is 5.23. The molecule has 0 radical (unpaired) electrons. The van der Waals surface area contributed by atoms with Crippen molar-refractivity contribution < 1.29 is 19.1 Å². The zero-order valence-electron chi connectivity index (χ0n) is 14.4. The standard InChI is InChI=1S/C18H26N2O4/c1-3-20(4-2)17(21)16-11-10-15(13-23-16)19-18(22)24-12-14-8-6-5-7-9-14/h5-9,15-16H,3-4,10-13H2,1-2H3,(H,19,22)/t15-,16+/m1/s1. The highest BCUT2D eigenvalue weighted by atomic mass is 16.5. The minimum Gasteiger partial charge on any atom is -0.445 e. The minimum atomic E-state index is -0.457. The second-order valence-corrected chi connectivity index (χ2v) is 5.81. The van der Waals surface area contributed by atoms with Gasteiger partial charge in [0.15, 0.2) is 0 Å². The van der Waals surface area contributed by atoms with Gasteiger partial charge in [0.1, 0.15) is 12.7 Å². The predicted octanol–water partition coefficient (Wildman–Crippen LogP) is 2.33. The number of hydrogen-bond acceptors (Lipinski definition) is 4. The number of benzene rings is 1. The van der Waals surface area contributed by atoms with Crippen molar-refractivity contribution in [3.8, 4) is 0 Å². The topological polar surface area (TPSA) is 67.9 Å². The first-order valence-electron chi connectivity index (χ1n) is 8.51. The van der Waals surface area contributed by atoms with Crippen LogP contribution in [0.25, 0.3) is 0 Å². The second kappa shape index (κ2) is 9.27. The highest BCUT2D eigenvalue weighted by molar-refractivity contribution is 5.81. The molecule has 6 heteroatoms. The van der Waals surface area contributed by atoms with Gasteiger partial charge in [-0.25, -0.2) is 4.79 Å². The van der Waals surface area contributed by atoms with Crippen LogP contribution in [0.5, 0.6) is 0 Å². The van der Waals surface area contributed by atoms with Crippen LogP contribution in [-0.2, 0) is 20.9 Å². The van der Waals surface area contributed by atoms with Crippen LogP contribution >= 0.6 is 0 Å². The molecule has 0 aromatic heterocycles. The summed E-state index contributed by atoms with van der Waals surface area (Å²) in [4.78, 5) is 25.8. The molecule has 2 atom stereocenters. The summed E-state index contributed by atoms with van der Waals surface area (Å²) in [5, 5.41) is 2.79. The molecule has 1 aromatic rings. The number of nitrogens with one attached hydrogen (secondary N) is 1. The summed E-state index contributed by atoms with van der Waals surface area (Å²) in [6.07, 6.45) is 0.459. The molecule has 0 unspecified atom stereocenters. The van der Waals surface area contributed by atoms with E-state index >= 15 is 0 Å². The van der Waals surface area contributed by atoms with E-state index in [1.165, 1.54) is 0 Å². The van der Waals surface area contributed by atoms with Gasteiger partial charge in [-0.15, -0.1) is 0 Å². The normalized spacial score (nSPS) is 20.2. The Balaban J connectivity index is 1.70. The number of carbonyl (C=O) groups excluding carboxylic acids is 2. The van der Waals surface area contributed by atoms with Crippen molar-refractivity contribution in [1.29, 1.82) is 0 Å². The summed E-state index contributed by atoms with van der Waals surface area (Å²) in [6, 6.07) is 9.41. The van der Waals surface area contributed by atoms with Crippen molar-refractivity contribution in [2.24, 2.45) is 0 Å². The van der Waals surface area contributed by atoms with Gasteiger partial charge in [-0.1, -0.05) is 30.3 Å². The molecule has 0 bridgehead atoms. The van der Waals surface area contributed by atoms with E-state index in [1.807, 2.05) is 44.2 Å². The van der Waals surface area contributed by atoms with E-state index in [4.69, 9.17) is 9.47 Å². The van der Waals surface area contributed by atoms with Gasteiger partial charge in [0.05, 0.1) is 12.6 Å². The third-order valence-electron chi connectivity index (χ3n) is 4.16. The Bertz CT molecular complexity index is 523. The fourth-order valence-electron chi connectivity index (χ4n) is 2.73. The first kappa shape index (κ1) is 18.3. The van der Waals surface area contributed by atoms with E-state index in [0.717, 1.165) is 5.56 Å². The number of alkyl carbamates (subject to hydrolysis) is 1. The molecule has 1 fully saturated rings. The van der Waals surface area contributed by atoms with E-state index in [-0.39, 0.29) is 18.6 Å². The number of hydrogen-bond donors (Lipinski definition) is 1. The summed E-state index contributed by atoms with van der Waals surface area (Å²) in [5.74, 6) is 0.0325. The molecule has 0 aliphatic carbocycles. The molecule has 1 N–H and O–H groups in total. The van der Waals surface area contributed by atoms with E-state index < -0.39 is 12.2 Å².